The fourth-order valence-corrected chi connectivity index (χ4v) is 2.12. The van der Waals surface area contributed by atoms with Crippen molar-refractivity contribution in [3.63, 3.8) is 0 Å². The van der Waals surface area contributed by atoms with Crippen molar-refractivity contribution in [2.24, 2.45) is 0 Å². The van der Waals surface area contributed by atoms with Crippen molar-refractivity contribution in [3.05, 3.63) is 35.9 Å². The van der Waals surface area contributed by atoms with Gasteiger partial charge in [0.05, 0.1) is 0 Å². The fourth-order valence-electron chi connectivity index (χ4n) is 2.12. The second kappa shape index (κ2) is 5.66. The first-order valence-electron chi connectivity index (χ1n) is 5.74. The summed E-state index contributed by atoms with van der Waals surface area (Å²) >= 11 is 0. The molecule has 2 rings (SSSR count). The Bertz CT molecular complexity index is 318. The number of ether oxygens (including phenoxy) is 1. The Morgan fingerprint density at radius 3 is 2.56 bits per heavy atom. The maximum absolute atomic E-state index is 10.2. The third-order valence-electron chi connectivity index (χ3n) is 3.03. The normalized spacial score (nSPS) is 18.2. The standard InChI is InChI=1S/C13H17NO2/c15-11-16-13-6-8-14(9-7-13)10-12-4-2-1-3-5-12/h1-5,11,13H,6-10H2. The van der Waals surface area contributed by atoms with Crippen molar-refractivity contribution in [2.75, 3.05) is 13.1 Å². The Balaban J connectivity index is 1.79. The van der Waals surface area contributed by atoms with E-state index in [9.17, 15) is 4.79 Å². The van der Waals surface area contributed by atoms with E-state index >= 15 is 0 Å². The van der Waals surface area contributed by atoms with Gasteiger partial charge in [0.1, 0.15) is 6.10 Å². The van der Waals surface area contributed by atoms with Crippen molar-refractivity contribution in [1.29, 1.82) is 0 Å². The van der Waals surface area contributed by atoms with Crippen LogP contribution in [-0.4, -0.2) is 30.6 Å². The first kappa shape index (κ1) is 11.1. The van der Waals surface area contributed by atoms with Gasteiger partial charge in [0, 0.05) is 19.6 Å². The molecule has 0 aliphatic carbocycles. The van der Waals surface area contributed by atoms with E-state index in [0.29, 0.717) is 6.47 Å². The molecule has 0 atom stereocenters. The SMILES string of the molecule is O=COC1CCN(Cc2ccccc2)CC1. The van der Waals surface area contributed by atoms with Gasteiger partial charge < -0.3 is 4.74 Å². The Kier molecular flexibility index (Phi) is 3.94. The largest absolute Gasteiger partial charge is 0.464 e. The molecule has 1 heterocycles. The molecule has 3 nitrogen and oxygen atoms in total. The van der Waals surface area contributed by atoms with Crippen LogP contribution in [0.3, 0.4) is 0 Å². The molecule has 86 valence electrons. The zero-order valence-corrected chi connectivity index (χ0v) is 9.34. The first-order chi connectivity index (χ1) is 7.88. The Morgan fingerprint density at radius 2 is 1.94 bits per heavy atom. The number of hydrogen-bond donors (Lipinski definition) is 0. The summed E-state index contributed by atoms with van der Waals surface area (Å²) in [4.78, 5) is 12.6. The summed E-state index contributed by atoms with van der Waals surface area (Å²) in [6.07, 6.45) is 2.03. The van der Waals surface area contributed by atoms with Crippen LogP contribution in [0.15, 0.2) is 30.3 Å². The Hall–Kier alpha value is -1.35. The minimum absolute atomic E-state index is 0.129. The Labute approximate surface area is 96.0 Å². The van der Waals surface area contributed by atoms with Gasteiger partial charge in [0.25, 0.3) is 6.47 Å². The molecule has 0 N–H and O–H groups in total. The average molecular weight is 219 g/mol. The molecule has 1 fully saturated rings. The van der Waals surface area contributed by atoms with E-state index in [2.05, 4.69) is 29.2 Å². The lowest BCUT2D eigenvalue weighted by Crippen LogP contribution is -2.36. The van der Waals surface area contributed by atoms with Crippen LogP contribution in [0.1, 0.15) is 18.4 Å². The predicted octanol–water partition coefficient (Wildman–Crippen LogP) is 1.82. The fraction of sp³-hybridized carbons (Fsp3) is 0.462. The van der Waals surface area contributed by atoms with Gasteiger partial charge in [-0.3, -0.25) is 9.69 Å². The van der Waals surface area contributed by atoms with Crippen molar-refractivity contribution in [2.45, 2.75) is 25.5 Å². The molecule has 1 aromatic carbocycles. The molecule has 16 heavy (non-hydrogen) atoms. The van der Waals surface area contributed by atoms with Crippen molar-refractivity contribution in [1.82, 2.24) is 4.90 Å². The van der Waals surface area contributed by atoms with E-state index < -0.39 is 0 Å². The smallest absolute Gasteiger partial charge is 0.293 e. The first-order valence-corrected chi connectivity index (χ1v) is 5.74. The number of carbonyl (C=O) groups excluding carboxylic acids is 1. The van der Waals surface area contributed by atoms with Gasteiger partial charge in [-0.2, -0.15) is 0 Å². The van der Waals surface area contributed by atoms with E-state index in [1.54, 1.807) is 0 Å². The molecule has 0 spiro atoms. The van der Waals surface area contributed by atoms with Gasteiger partial charge in [-0.05, 0) is 18.4 Å². The third-order valence-corrected chi connectivity index (χ3v) is 3.03. The molecule has 0 saturated carbocycles. The van der Waals surface area contributed by atoms with E-state index in [1.807, 2.05) is 6.07 Å². The highest BCUT2D eigenvalue weighted by Crippen LogP contribution is 2.15. The molecule has 1 saturated heterocycles. The summed E-state index contributed by atoms with van der Waals surface area (Å²) in [5.74, 6) is 0. The Morgan fingerprint density at radius 1 is 1.25 bits per heavy atom. The van der Waals surface area contributed by atoms with Crippen molar-refractivity contribution in [3.8, 4) is 0 Å². The molecule has 0 unspecified atom stereocenters. The summed E-state index contributed by atoms with van der Waals surface area (Å²) in [5, 5.41) is 0. The predicted molar refractivity (Wildman–Crippen MR) is 61.9 cm³/mol. The molecule has 1 aromatic rings. The highest BCUT2D eigenvalue weighted by atomic mass is 16.5. The van der Waals surface area contributed by atoms with Crippen LogP contribution in [0.25, 0.3) is 0 Å². The van der Waals surface area contributed by atoms with Gasteiger partial charge in [0.15, 0.2) is 0 Å². The molecule has 3 heteroatoms. The number of nitrogens with zero attached hydrogens (tertiary/aromatic N) is 1. The van der Waals surface area contributed by atoms with Crippen molar-refractivity contribution < 1.29 is 9.53 Å². The van der Waals surface area contributed by atoms with Gasteiger partial charge in [-0.15, -0.1) is 0 Å². The lowest BCUT2D eigenvalue weighted by molar-refractivity contribution is -0.135. The summed E-state index contributed by atoms with van der Waals surface area (Å²) in [5.41, 5.74) is 1.34. The number of rotatable bonds is 4. The second-order valence-corrected chi connectivity index (χ2v) is 4.19. The molecular formula is C13H17NO2. The topological polar surface area (TPSA) is 29.5 Å². The zero-order chi connectivity index (χ0) is 11.2. The second-order valence-electron chi connectivity index (χ2n) is 4.19. The maximum atomic E-state index is 10.2. The molecule has 0 bridgehead atoms. The van der Waals surface area contributed by atoms with Crippen LogP contribution < -0.4 is 0 Å². The molecule has 0 radical (unpaired) electrons. The number of benzene rings is 1. The van der Waals surface area contributed by atoms with E-state index in [-0.39, 0.29) is 6.10 Å². The molecular weight excluding hydrogens is 202 g/mol. The minimum Gasteiger partial charge on any atom is -0.464 e. The average Bonchev–Trinajstić information content (AvgIpc) is 2.33. The number of hydrogen-bond acceptors (Lipinski definition) is 3. The minimum atomic E-state index is 0.129. The molecule has 0 aromatic heterocycles. The monoisotopic (exact) mass is 219 g/mol. The third kappa shape index (κ3) is 3.07. The van der Waals surface area contributed by atoms with Crippen LogP contribution in [0.5, 0.6) is 0 Å². The quantitative estimate of drug-likeness (QED) is 0.723. The molecule has 0 amide bonds. The van der Waals surface area contributed by atoms with Gasteiger partial charge in [-0.25, -0.2) is 0 Å². The summed E-state index contributed by atoms with van der Waals surface area (Å²) in [6.45, 7) is 3.58. The van der Waals surface area contributed by atoms with E-state index in [4.69, 9.17) is 4.74 Å². The number of carbonyl (C=O) groups is 1. The summed E-state index contributed by atoms with van der Waals surface area (Å²) in [7, 11) is 0. The van der Waals surface area contributed by atoms with Crippen LogP contribution in [0, 0.1) is 0 Å². The highest BCUT2D eigenvalue weighted by molar-refractivity contribution is 5.37. The highest BCUT2D eigenvalue weighted by Gasteiger charge is 2.19. The van der Waals surface area contributed by atoms with E-state index in [1.165, 1.54) is 5.56 Å². The van der Waals surface area contributed by atoms with Gasteiger partial charge >= 0.3 is 0 Å². The van der Waals surface area contributed by atoms with Crippen LogP contribution >= 0.6 is 0 Å². The maximum Gasteiger partial charge on any atom is 0.293 e. The van der Waals surface area contributed by atoms with Crippen LogP contribution in [-0.2, 0) is 16.1 Å². The van der Waals surface area contributed by atoms with Crippen LogP contribution in [0.2, 0.25) is 0 Å². The van der Waals surface area contributed by atoms with Gasteiger partial charge in [-0.1, -0.05) is 30.3 Å². The lowest BCUT2D eigenvalue weighted by Gasteiger charge is -2.30. The van der Waals surface area contributed by atoms with Crippen LogP contribution in [0.4, 0.5) is 0 Å². The van der Waals surface area contributed by atoms with Gasteiger partial charge in [0.2, 0.25) is 0 Å². The molecule has 1 aliphatic heterocycles. The number of likely N-dealkylation sites (tertiary alicyclic amines) is 1. The van der Waals surface area contributed by atoms with E-state index in [0.717, 1.165) is 32.5 Å². The summed E-state index contributed by atoms with van der Waals surface area (Å²) < 4.78 is 4.97. The number of piperidine rings is 1. The lowest BCUT2D eigenvalue weighted by atomic mass is 10.1. The molecule has 1 aliphatic rings. The zero-order valence-electron chi connectivity index (χ0n) is 9.34. The summed E-state index contributed by atoms with van der Waals surface area (Å²) in [6, 6.07) is 10.5. The van der Waals surface area contributed by atoms with Crippen molar-refractivity contribution >= 4 is 6.47 Å².